The lowest BCUT2D eigenvalue weighted by atomic mass is 10.0. The first-order chi connectivity index (χ1) is 8.72. The highest BCUT2D eigenvalue weighted by atomic mass is 32.2. The van der Waals surface area contributed by atoms with Gasteiger partial charge in [-0.3, -0.25) is 0 Å². The molecule has 1 N–H and O–H groups in total. The summed E-state index contributed by atoms with van der Waals surface area (Å²) in [5.74, 6) is 3.16. The van der Waals surface area contributed by atoms with Crippen LogP contribution in [0.15, 0.2) is 24.3 Å². The second-order valence-corrected chi connectivity index (χ2v) is 7.13. The number of ether oxygens (including phenoxy) is 1. The fraction of sp³-hybridized carbons (Fsp3) is 0.571. The molecule has 1 saturated heterocycles. The minimum atomic E-state index is -0.404. The molecule has 3 atom stereocenters. The van der Waals surface area contributed by atoms with Gasteiger partial charge in [0.25, 0.3) is 0 Å². The van der Waals surface area contributed by atoms with Crippen molar-refractivity contribution in [3.63, 3.8) is 0 Å². The summed E-state index contributed by atoms with van der Waals surface area (Å²) in [6.45, 7) is 4.83. The first-order valence-electron chi connectivity index (χ1n) is 6.36. The first-order valence-corrected chi connectivity index (χ1v) is 8.46. The number of benzene rings is 1. The Morgan fingerprint density at radius 1 is 1.39 bits per heavy atom. The Balaban J connectivity index is 2.11. The Kier molecular flexibility index (Phi) is 5.27. The van der Waals surface area contributed by atoms with Crippen LogP contribution in [0.3, 0.4) is 0 Å². The lowest BCUT2D eigenvalue weighted by Crippen LogP contribution is -2.29. The van der Waals surface area contributed by atoms with Crippen LogP contribution >= 0.6 is 23.5 Å². The Labute approximate surface area is 117 Å². The molecular formula is C14H20O2S2. The highest BCUT2D eigenvalue weighted by Crippen LogP contribution is 2.39. The van der Waals surface area contributed by atoms with Gasteiger partial charge in [-0.25, -0.2) is 0 Å². The van der Waals surface area contributed by atoms with E-state index in [0.717, 1.165) is 17.1 Å². The second-order valence-electron chi connectivity index (χ2n) is 4.36. The third-order valence-electron chi connectivity index (χ3n) is 3.06. The highest BCUT2D eigenvalue weighted by Gasteiger charge is 2.30. The van der Waals surface area contributed by atoms with Gasteiger partial charge in [-0.05, 0) is 24.6 Å². The van der Waals surface area contributed by atoms with E-state index in [1.807, 2.05) is 54.7 Å². The molecule has 1 fully saturated rings. The van der Waals surface area contributed by atoms with Crippen molar-refractivity contribution in [3.05, 3.63) is 29.8 Å². The first kappa shape index (κ1) is 14.1. The summed E-state index contributed by atoms with van der Waals surface area (Å²) in [5, 5.41) is 11.3. The molecule has 0 amide bonds. The smallest absolute Gasteiger partial charge is 0.119 e. The highest BCUT2D eigenvalue weighted by molar-refractivity contribution is 8.07. The number of hydrogen-bond acceptors (Lipinski definition) is 4. The normalized spacial score (nSPS) is 25.7. The molecule has 100 valence electrons. The molecule has 0 saturated carbocycles. The van der Waals surface area contributed by atoms with Crippen LogP contribution in [-0.2, 0) is 0 Å². The van der Waals surface area contributed by atoms with E-state index in [2.05, 4.69) is 6.92 Å². The molecule has 1 aliphatic rings. The van der Waals surface area contributed by atoms with Crippen LogP contribution in [0, 0.1) is 0 Å². The molecule has 18 heavy (non-hydrogen) atoms. The molecule has 3 unspecified atom stereocenters. The van der Waals surface area contributed by atoms with E-state index in [4.69, 9.17) is 4.74 Å². The Morgan fingerprint density at radius 2 is 2.17 bits per heavy atom. The summed E-state index contributed by atoms with van der Waals surface area (Å²) in [5.41, 5.74) is 0.966. The third-order valence-corrected chi connectivity index (χ3v) is 6.24. The van der Waals surface area contributed by atoms with E-state index in [-0.39, 0.29) is 5.25 Å². The zero-order valence-electron chi connectivity index (χ0n) is 10.8. The molecule has 0 radical (unpaired) electrons. The van der Waals surface area contributed by atoms with Crippen molar-refractivity contribution in [2.24, 2.45) is 0 Å². The van der Waals surface area contributed by atoms with Crippen LogP contribution in [0.25, 0.3) is 0 Å². The van der Waals surface area contributed by atoms with Crippen molar-refractivity contribution in [1.82, 2.24) is 0 Å². The van der Waals surface area contributed by atoms with Crippen molar-refractivity contribution in [1.29, 1.82) is 0 Å². The molecule has 1 heterocycles. The van der Waals surface area contributed by atoms with Gasteiger partial charge >= 0.3 is 0 Å². The SMILES string of the molecule is CCOc1cccc(C(O)C2SCCSC2C)c1. The fourth-order valence-corrected chi connectivity index (χ4v) is 4.98. The van der Waals surface area contributed by atoms with Crippen LogP contribution in [0.4, 0.5) is 0 Å². The molecule has 0 aromatic heterocycles. The lowest BCUT2D eigenvalue weighted by molar-refractivity contribution is 0.173. The topological polar surface area (TPSA) is 29.5 Å². The van der Waals surface area contributed by atoms with Crippen LogP contribution in [0.2, 0.25) is 0 Å². The van der Waals surface area contributed by atoms with Crippen LogP contribution in [0.1, 0.15) is 25.5 Å². The Hall–Kier alpha value is -0.320. The summed E-state index contributed by atoms with van der Waals surface area (Å²) in [6, 6.07) is 7.83. The molecule has 4 heteroatoms. The van der Waals surface area contributed by atoms with Crippen molar-refractivity contribution in [2.75, 3.05) is 18.1 Å². The van der Waals surface area contributed by atoms with E-state index < -0.39 is 6.10 Å². The van der Waals surface area contributed by atoms with E-state index >= 15 is 0 Å². The minimum absolute atomic E-state index is 0.278. The van der Waals surface area contributed by atoms with E-state index in [0.29, 0.717) is 11.9 Å². The molecule has 0 spiro atoms. The zero-order valence-corrected chi connectivity index (χ0v) is 12.5. The molecule has 1 aromatic carbocycles. The van der Waals surface area contributed by atoms with E-state index in [1.54, 1.807) is 0 Å². The van der Waals surface area contributed by atoms with E-state index in [9.17, 15) is 5.11 Å². The lowest BCUT2D eigenvalue weighted by Gasteiger charge is -2.31. The van der Waals surface area contributed by atoms with Crippen molar-refractivity contribution < 1.29 is 9.84 Å². The van der Waals surface area contributed by atoms with Gasteiger partial charge in [0, 0.05) is 22.0 Å². The molecule has 1 aliphatic heterocycles. The number of thioether (sulfide) groups is 2. The predicted octanol–water partition coefficient (Wildman–Crippen LogP) is 3.36. The number of aliphatic hydroxyl groups excluding tert-OH is 1. The predicted molar refractivity (Wildman–Crippen MR) is 80.7 cm³/mol. The van der Waals surface area contributed by atoms with Crippen LogP contribution < -0.4 is 4.74 Å². The van der Waals surface area contributed by atoms with Gasteiger partial charge in [0.2, 0.25) is 0 Å². The van der Waals surface area contributed by atoms with Crippen molar-refractivity contribution >= 4 is 23.5 Å². The quantitative estimate of drug-likeness (QED) is 0.918. The van der Waals surface area contributed by atoms with Crippen molar-refractivity contribution in [2.45, 2.75) is 30.5 Å². The van der Waals surface area contributed by atoms with Gasteiger partial charge in [0.15, 0.2) is 0 Å². The number of rotatable bonds is 4. The maximum absolute atomic E-state index is 10.5. The molecule has 0 bridgehead atoms. The second kappa shape index (κ2) is 6.73. The van der Waals surface area contributed by atoms with Gasteiger partial charge in [0.1, 0.15) is 5.75 Å². The minimum Gasteiger partial charge on any atom is -0.494 e. The number of aliphatic hydroxyl groups is 1. The standard InChI is InChI=1S/C14H20O2S2/c1-3-16-12-6-4-5-11(9-12)13(15)14-10(2)17-7-8-18-14/h4-6,9-10,13-15H,3,7-8H2,1-2H3. The molecule has 1 aromatic rings. The molecule has 2 rings (SSSR count). The molecule has 0 aliphatic carbocycles. The summed E-state index contributed by atoms with van der Waals surface area (Å²) < 4.78 is 5.49. The number of hydrogen-bond donors (Lipinski definition) is 1. The monoisotopic (exact) mass is 284 g/mol. The summed E-state index contributed by atoms with van der Waals surface area (Å²) in [7, 11) is 0. The fourth-order valence-electron chi connectivity index (χ4n) is 2.14. The zero-order chi connectivity index (χ0) is 13.0. The van der Waals surface area contributed by atoms with E-state index in [1.165, 1.54) is 5.75 Å². The van der Waals surface area contributed by atoms with Gasteiger partial charge in [0.05, 0.1) is 12.7 Å². The van der Waals surface area contributed by atoms with Crippen molar-refractivity contribution in [3.8, 4) is 5.75 Å². The average molecular weight is 284 g/mol. The molecule has 2 nitrogen and oxygen atoms in total. The maximum atomic E-state index is 10.5. The average Bonchev–Trinajstić information content (AvgIpc) is 2.39. The Morgan fingerprint density at radius 3 is 2.89 bits per heavy atom. The maximum Gasteiger partial charge on any atom is 0.119 e. The van der Waals surface area contributed by atoms with Gasteiger partial charge in [-0.1, -0.05) is 19.1 Å². The van der Waals surface area contributed by atoms with Crippen LogP contribution in [0.5, 0.6) is 5.75 Å². The largest absolute Gasteiger partial charge is 0.494 e. The summed E-state index contributed by atoms with van der Waals surface area (Å²) in [6.07, 6.45) is -0.404. The van der Waals surface area contributed by atoms with Gasteiger partial charge in [-0.15, -0.1) is 0 Å². The summed E-state index contributed by atoms with van der Waals surface area (Å²) >= 11 is 3.83. The van der Waals surface area contributed by atoms with Crippen LogP contribution in [-0.4, -0.2) is 33.7 Å². The Bertz CT molecular complexity index is 384. The van der Waals surface area contributed by atoms with Gasteiger partial charge < -0.3 is 9.84 Å². The van der Waals surface area contributed by atoms with Gasteiger partial charge in [-0.2, -0.15) is 23.5 Å². The summed E-state index contributed by atoms with van der Waals surface area (Å²) in [4.78, 5) is 0. The molecular weight excluding hydrogens is 264 g/mol. The third kappa shape index (κ3) is 3.37.